The van der Waals surface area contributed by atoms with E-state index in [4.69, 9.17) is 12.2 Å². The molecular formula is C22H15F3N6O2S2. The molecule has 3 heterocycles. The fourth-order valence-electron chi connectivity index (χ4n) is 3.81. The second-order valence-electron chi connectivity index (χ2n) is 7.76. The van der Waals surface area contributed by atoms with Crippen molar-refractivity contribution in [3.63, 3.8) is 0 Å². The fourth-order valence-corrected chi connectivity index (χ4v) is 5.15. The zero-order valence-corrected chi connectivity index (χ0v) is 19.3. The van der Waals surface area contributed by atoms with Crippen molar-refractivity contribution in [2.24, 2.45) is 0 Å². The van der Waals surface area contributed by atoms with Crippen LogP contribution in [0.3, 0.4) is 0 Å². The third-order valence-electron chi connectivity index (χ3n) is 5.40. The number of aromatic nitrogens is 6. The Kier molecular flexibility index (Phi) is 5.83. The first-order chi connectivity index (χ1) is 16.7. The smallest absolute Gasteiger partial charge is 0.273 e. The van der Waals surface area contributed by atoms with Crippen molar-refractivity contribution in [3.8, 4) is 5.69 Å². The summed E-state index contributed by atoms with van der Waals surface area (Å²) in [4.78, 5) is 21.5. The minimum Gasteiger partial charge on any atom is -0.381 e. The summed E-state index contributed by atoms with van der Waals surface area (Å²) < 4.78 is 46.1. The first-order valence-electron chi connectivity index (χ1n) is 10.1. The molecule has 1 atom stereocenters. The Morgan fingerprint density at radius 3 is 2.46 bits per heavy atom. The average Bonchev–Trinajstić information content (AvgIpc) is 3.43. The van der Waals surface area contributed by atoms with Crippen molar-refractivity contribution in [3.05, 3.63) is 98.8 Å². The Labute approximate surface area is 204 Å². The van der Waals surface area contributed by atoms with Crippen molar-refractivity contribution in [1.29, 1.82) is 0 Å². The van der Waals surface area contributed by atoms with Crippen LogP contribution < -0.4 is 5.56 Å². The van der Waals surface area contributed by atoms with Crippen LogP contribution in [-0.4, -0.2) is 34.0 Å². The van der Waals surface area contributed by atoms with E-state index < -0.39 is 35.2 Å². The molecule has 13 heteroatoms. The van der Waals surface area contributed by atoms with Crippen LogP contribution in [0.4, 0.5) is 13.2 Å². The molecule has 0 fully saturated rings. The summed E-state index contributed by atoms with van der Waals surface area (Å²) in [6, 6.07) is 8.35. The molecule has 3 aromatic heterocycles. The van der Waals surface area contributed by atoms with E-state index in [1.165, 1.54) is 47.9 Å². The second kappa shape index (κ2) is 8.83. The quantitative estimate of drug-likeness (QED) is 0.347. The molecular weight excluding hydrogens is 501 g/mol. The van der Waals surface area contributed by atoms with Gasteiger partial charge in [0.05, 0.1) is 13.1 Å². The van der Waals surface area contributed by atoms with Gasteiger partial charge in [0.25, 0.3) is 5.56 Å². The van der Waals surface area contributed by atoms with Crippen LogP contribution in [0, 0.1) is 21.4 Å². The predicted molar refractivity (Wildman–Crippen MR) is 124 cm³/mol. The average molecular weight is 517 g/mol. The molecule has 1 unspecified atom stereocenters. The van der Waals surface area contributed by atoms with Gasteiger partial charge in [-0.15, -0.1) is 0 Å². The zero-order chi connectivity index (χ0) is 24.7. The summed E-state index contributed by atoms with van der Waals surface area (Å²) in [5.74, 6) is -2.21. The number of hydrogen-bond acceptors (Lipinski definition) is 7. The number of benzene rings is 2. The lowest BCUT2D eigenvalue weighted by molar-refractivity contribution is -0.00640. The minimum absolute atomic E-state index is 0.199. The van der Waals surface area contributed by atoms with Gasteiger partial charge in [0, 0.05) is 17.3 Å². The monoisotopic (exact) mass is 516 g/mol. The van der Waals surface area contributed by atoms with E-state index in [0.717, 1.165) is 28.0 Å². The largest absolute Gasteiger partial charge is 0.381 e. The molecule has 0 bridgehead atoms. The lowest BCUT2D eigenvalue weighted by atomic mass is 9.92. The molecule has 0 spiro atoms. The third-order valence-corrected chi connectivity index (χ3v) is 6.75. The van der Waals surface area contributed by atoms with Gasteiger partial charge in [0.1, 0.15) is 46.7 Å². The number of rotatable bonds is 6. The first kappa shape index (κ1) is 23.1. The van der Waals surface area contributed by atoms with Gasteiger partial charge in [-0.1, -0.05) is 17.4 Å². The first-order valence-corrected chi connectivity index (χ1v) is 11.3. The normalized spacial score (nSPS) is 13.3. The summed E-state index contributed by atoms with van der Waals surface area (Å²) in [5, 5.41) is 15.5. The molecule has 2 aromatic carbocycles. The number of aliphatic hydroxyl groups is 1. The van der Waals surface area contributed by atoms with Gasteiger partial charge in [-0.05, 0) is 42.5 Å². The highest BCUT2D eigenvalue weighted by molar-refractivity contribution is 7.73. The molecule has 0 saturated heterocycles. The van der Waals surface area contributed by atoms with Gasteiger partial charge in [-0.25, -0.2) is 27.8 Å². The molecule has 0 aliphatic rings. The van der Waals surface area contributed by atoms with E-state index in [9.17, 15) is 23.1 Å². The van der Waals surface area contributed by atoms with Crippen LogP contribution in [0.15, 0.2) is 66.2 Å². The summed E-state index contributed by atoms with van der Waals surface area (Å²) in [6.07, 6.45) is 3.77. The predicted octanol–water partition coefficient (Wildman–Crippen LogP) is 3.57. The van der Waals surface area contributed by atoms with Gasteiger partial charge >= 0.3 is 0 Å². The number of fused-ring (bicyclic) bond motifs is 1. The SMILES string of the molecule is O=c1c2sc(=S)n(-c3ccc(F)cc3)c2ncn1CC(O)(Cn1cncn1)c1ccc(F)cc1F. The Morgan fingerprint density at radius 2 is 1.77 bits per heavy atom. The van der Waals surface area contributed by atoms with Crippen molar-refractivity contribution in [2.75, 3.05) is 0 Å². The summed E-state index contributed by atoms with van der Waals surface area (Å²) in [5.41, 5.74) is -1.96. The third kappa shape index (κ3) is 4.29. The molecule has 0 aliphatic carbocycles. The van der Waals surface area contributed by atoms with E-state index in [0.29, 0.717) is 15.7 Å². The molecule has 5 rings (SSSR count). The Hall–Kier alpha value is -3.68. The standard InChI is InChI=1S/C22H15F3N6O2S2/c23-13-1-4-15(5-2-13)31-19-18(35-21(31)34)20(32)29(12-27-19)8-22(33,9-30-11-26-10-28-30)16-6-3-14(24)7-17(16)25/h1-7,10-12,33H,8-9H2. The van der Waals surface area contributed by atoms with E-state index >= 15 is 0 Å². The summed E-state index contributed by atoms with van der Waals surface area (Å²) >= 11 is 6.42. The lowest BCUT2D eigenvalue weighted by Gasteiger charge is -2.29. The highest BCUT2D eigenvalue weighted by Gasteiger charge is 2.35. The molecule has 0 radical (unpaired) electrons. The zero-order valence-electron chi connectivity index (χ0n) is 17.7. The van der Waals surface area contributed by atoms with Crippen LogP contribution in [-0.2, 0) is 18.7 Å². The Balaban J connectivity index is 1.61. The Bertz CT molecular complexity index is 1650. The van der Waals surface area contributed by atoms with Gasteiger partial charge in [-0.2, -0.15) is 5.10 Å². The number of nitrogens with zero attached hydrogens (tertiary/aromatic N) is 6. The van der Waals surface area contributed by atoms with Crippen molar-refractivity contribution in [2.45, 2.75) is 18.7 Å². The molecule has 5 aromatic rings. The van der Waals surface area contributed by atoms with Crippen molar-refractivity contribution >= 4 is 33.9 Å². The highest BCUT2D eigenvalue weighted by Crippen LogP contribution is 2.29. The Morgan fingerprint density at radius 1 is 1.03 bits per heavy atom. The number of halogens is 3. The maximum atomic E-state index is 14.7. The molecule has 35 heavy (non-hydrogen) atoms. The van der Waals surface area contributed by atoms with Gasteiger partial charge in [-0.3, -0.25) is 13.9 Å². The van der Waals surface area contributed by atoms with E-state index in [1.807, 2.05) is 0 Å². The van der Waals surface area contributed by atoms with Gasteiger partial charge in [0.2, 0.25) is 0 Å². The summed E-state index contributed by atoms with van der Waals surface area (Å²) in [6.45, 7) is -0.690. The summed E-state index contributed by atoms with van der Waals surface area (Å²) in [7, 11) is 0. The van der Waals surface area contributed by atoms with Crippen LogP contribution in [0.1, 0.15) is 5.56 Å². The molecule has 178 valence electrons. The van der Waals surface area contributed by atoms with Crippen LogP contribution >= 0.6 is 23.6 Å². The fraction of sp³-hybridized carbons (Fsp3) is 0.136. The molecule has 0 aliphatic heterocycles. The maximum Gasteiger partial charge on any atom is 0.273 e. The lowest BCUT2D eigenvalue weighted by Crippen LogP contribution is -2.40. The van der Waals surface area contributed by atoms with Crippen molar-refractivity contribution in [1.82, 2.24) is 28.9 Å². The van der Waals surface area contributed by atoms with Crippen LogP contribution in [0.5, 0.6) is 0 Å². The molecule has 1 N–H and O–H groups in total. The minimum atomic E-state index is -2.01. The van der Waals surface area contributed by atoms with Crippen molar-refractivity contribution < 1.29 is 18.3 Å². The molecule has 0 saturated carbocycles. The van der Waals surface area contributed by atoms with Gasteiger partial charge < -0.3 is 5.11 Å². The molecule has 0 amide bonds. The van der Waals surface area contributed by atoms with E-state index in [2.05, 4.69) is 15.1 Å². The maximum absolute atomic E-state index is 14.7. The highest BCUT2D eigenvalue weighted by atomic mass is 32.1. The van der Waals surface area contributed by atoms with Gasteiger partial charge in [0.15, 0.2) is 9.60 Å². The molecule has 8 nitrogen and oxygen atoms in total. The van der Waals surface area contributed by atoms with E-state index in [1.54, 1.807) is 4.57 Å². The van der Waals surface area contributed by atoms with E-state index in [-0.39, 0.29) is 22.5 Å². The topological polar surface area (TPSA) is 90.8 Å². The number of hydrogen-bond donors (Lipinski definition) is 1. The second-order valence-corrected chi connectivity index (χ2v) is 9.40. The number of thiazole rings is 1. The van der Waals surface area contributed by atoms with Crippen LogP contribution in [0.2, 0.25) is 0 Å². The van der Waals surface area contributed by atoms with Crippen LogP contribution in [0.25, 0.3) is 16.0 Å².